The number of rotatable bonds is 1. The van der Waals surface area contributed by atoms with E-state index in [1.165, 1.54) is 16.7 Å². The van der Waals surface area contributed by atoms with E-state index in [0.29, 0.717) is 6.02 Å². The van der Waals surface area contributed by atoms with Gasteiger partial charge in [-0.05, 0) is 30.9 Å². The third-order valence-corrected chi connectivity index (χ3v) is 5.26. The second kappa shape index (κ2) is 4.56. The third kappa shape index (κ3) is 1.95. The highest BCUT2D eigenvalue weighted by Gasteiger charge is 2.45. The number of aliphatic imine (C=N–C) groups is 1. The van der Waals surface area contributed by atoms with E-state index in [0.717, 1.165) is 25.0 Å². The van der Waals surface area contributed by atoms with Crippen LogP contribution in [0.5, 0.6) is 0 Å². The molecule has 2 aliphatic rings. The van der Waals surface area contributed by atoms with Crippen molar-refractivity contribution in [2.45, 2.75) is 37.8 Å². The van der Waals surface area contributed by atoms with Crippen molar-refractivity contribution in [3.05, 3.63) is 40.2 Å². The van der Waals surface area contributed by atoms with Crippen LogP contribution in [0.1, 0.15) is 24.5 Å². The maximum Gasteiger partial charge on any atom is 0.282 e. The summed E-state index contributed by atoms with van der Waals surface area (Å²) in [5, 5.41) is 2.11. The number of amidine groups is 1. The number of aromatic nitrogens is 1. The summed E-state index contributed by atoms with van der Waals surface area (Å²) < 4.78 is 5.59. The van der Waals surface area contributed by atoms with Gasteiger partial charge in [0.2, 0.25) is 0 Å². The molecule has 0 fully saturated rings. The van der Waals surface area contributed by atoms with Crippen molar-refractivity contribution >= 4 is 17.4 Å². The van der Waals surface area contributed by atoms with Crippen LogP contribution in [-0.4, -0.2) is 22.6 Å². The van der Waals surface area contributed by atoms with Crippen LogP contribution in [0.15, 0.2) is 34.1 Å². The van der Waals surface area contributed by atoms with Gasteiger partial charge >= 0.3 is 0 Å². The first-order chi connectivity index (χ1) is 10.2. The molecule has 4 nitrogen and oxygen atoms in total. The number of hydrogen-bond acceptors (Lipinski definition) is 5. The Morgan fingerprint density at radius 2 is 2.33 bits per heavy atom. The van der Waals surface area contributed by atoms with Crippen molar-refractivity contribution in [2.75, 3.05) is 0 Å². The summed E-state index contributed by atoms with van der Waals surface area (Å²) >= 11 is 1.64. The number of nitrogens with two attached hydrogens (primary N) is 1. The van der Waals surface area contributed by atoms with Gasteiger partial charge in [0.15, 0.2) is 0 Å². The van der Waals surface area contributed by atoms with E-state index in [-0.39, 0.29) is 11.6 Å². The van der Waals surface area contributed by atoms with Crippen LogP contribution in [0.4, 0.5) is 0 Å². The topological polar surface area (TPSA) is 60.5 Å². The van der Waals surface area contributed by atoms with Gasteiger partial charge in [0.25, 0.3) is 6.02 Å². The van der Waals surface area contributed by atoms with E-state index in [1.54, 1.807) is 11.3 Å². The summed E-state index contributed by atoms with van der Waals surface area (Å²) in [4.78, 5) is 9.07. The van der Waals surface area contributed by atoms with Crippen molar-refractivity contribution in [3.8, 4) is 11.3 Å². The Balaban J connectivity index is 1.77. The predicted octanol–water partition coefficient (Wildman–Crippen LogP) is 2.77. The normalized spacial score (nSPS) is 27.3. The number of benzene rings is 1. The highest BCUT2D eigenvalue weighted by molar-refractivity contribution is 7.07. The first kappa shape index (κ1) is 12.8. The Morgan fingerprint density at radius 3 is 3.05 bits per heavy atom. The zero-order chi connectivity index (χ0) is 14.4. The summed E-state index contributed by atoms with van der Waals surface area (Å²) in [5.74, 6) is 0. The number of nitrogens with zero attached hydrogens (tertiary/aromatic N) is 2. The van der Waals surface area contributed by atoms with Crippen molar-refractivity contribution in [3.63, 3.8) is 0 Å². The molecule has 108 valence electrons. The number of ether oxygens (including phenoxy) is 1. The number of hydrogen-bond donors (Lipinski definition) is 1. The lowest BCUT2D eigenvalue weighted by molar-refractivity contribution is 0.140. The van der Waals surface area contributed by atoms with E-state index >= 15 is 0 Å². The van der Waals surface area contributed by atoms with Crippen molar-refractivity contribution in [1.29, 1.82) is 0 Å². The van der Waals surface area contributed by atoms with Gasteiger partial charge < -0.3 is 10.5 Å². The molecule has 0 bridgehead atoms. The lowest BCUT2D eigenvalue weighted by Gasteiger charge is -2.34. The molecular formula is C16H17N3OS. The van der Waals surface area contributed by atoms with E-state index < -0.39 is 0 Å². The van der Waals surface area contributed by atoms with E-state index in [1.807, 2.05) is 5.51 Å². The van der Waals surface area contributed by atoms with Crippen molar-refractivity contribution in [2.24, 2.45) is 10.7 Å². The molecule has 2 heterocycles. The highest BCUT2D eigenvalue weighted by atomic mass is 32.1. The second-order valence-electron chi connectivity index (χ2n) is 5.81. The van der Waals surface area contributed by atoms with Crippen LogP contribution in [0.25, 0.3) is 11.3 Å². The lowest BCUT2D eigenvalue weighted by atomic mass is 9.74. The number of thiazole rings is 1. The molecule has 1 aromatic heterocycles. The van der Waals surface area contributed by atoms with Crippen LogP contribution in [0.3, 0.4) is 0 Å². The van der Waals surface area contributed by atoms with Crippen molar-refractivity contribution < 1.29 is 4.74 Å². The van der Waals surface area contributed by atoms with Crippen LogP contribution >= 0.6 is 11.3 Å². The standard InChI is InChI=1S/C16H17N3OS/c1-10-16(19-15(17)20-10)6-5-12-11(7-16)3-2-4-13(12)14-8-21-9-18-14/h2-4,8-10H,5-7H2,1H3,(H2,17,19)/t10?,16-/m0/s1. The second-order valence-corrected chi connectivity index (χ2v) is 6.53. The minimum Gasteiger partial charge on any atom is -0.460 e. The van der Waals surface area contributed by atoms with E-state index in [4.69, 9.17) is 10.5 Å². The molecule has 1 aliphatic carbocycles. The number of fused-ring (bicyclic) bond motifs is 1. The van der Waals surface area contributed by atoms with Crippen LogP contribution in [0.2, 0.25) is 0 Å². The average molecular weight is 299 g/mol. The minimum atomic E-state index is -0.183. The summed E-state index contributed by atoms with van der Waals surface area (Å²) in [6.07, 6.45) is 2.91. The van der Waals surface area contributed by atoms with Crippen LogP contribution in [-0.2, 0) is 17.6 Å². The SMILES string of the molecule is CC1OC(N)=N[C@]12CCc1c(cccc1-c1cscn1)C2. The summed E-state index contributed by atoms with van der Waals surface area (Å²) in [6.45, 7) is 2.07. The quantitative estimate of drug-likeness (QED) is 0.881. The maximum atomic E-state index is 5.78. The molecule has 0 saturated heterocycles. The average Bonchev–Trinajstić information content (AvgIpc) is 3.07. The van der Waals surface area contributed by atoms with Crippen LogP contribution < -0.4 is 5.73 Å². The maximum absolute atomic E-state index is 5.78. The Morgan fingerprint density at radius 1 is 1.43 bits per heavy atom. The fraction of sp³-hybridized carbons (Fsp3) is 0.375. The molecule has 0 radical (unpaired) electrons. The first-order valence-corrected chi connectivity index (χ1v) is 8.13. The molecule has 4 rings (SSSR count). The van der Waals surface area contributed by atoms with Gasteiger partial charge in [-0.2, -0.15) is 0 Å². The molecule has 0 saturated carbocycles. The van der Waals surface area contributed by atoms with Crippen LogP contribution in [0, 0.1) is 0 Å². The minimum absolute atomic E-state index is 0.0496. The van der Waals surface area contributed by atoms with E-state index in [9.17, 15) is 0 Å². The molecule has 2 atom stereocenters. The summed E-state index contributed by atoms with van der Waals surface area (Å²) in [5.41, 5.74) is 12.6. The van der Waals surface area contributed by atoms with Gasteiger partial charge in [-0.15, -0.1) is 11.3 Å². The first-order valence-electron chi connectivity index (χ1n) is 7.19. The monoisotopic (exact) mass is 299 g/mol. The lowest BCUT2D eigenvalue weighted by Crippen LogP contribution is -2.41. The summed E-state index contributed by atoms with van der Waals surface area (Å²) in [6, 6.07) is 6.81. The fourth-order valence-electron chi connectivity index (χ4n) is 3.51. The molecule has 1 spiro atoms. The Bertz CT molecular complexity index is 710. The molecule has 1 aliphatic heterocycles. The highest BCUT2D eigenvalue weighted by Crippen LogP contribution is 2.41. The summed E-state index contributed by atoms with van der Waals surface area (Å²) in [7, 11) is 0. The predicted molar refractivity (Wildman–Crippen MR) is 84.5 cm³/mol. The largest absolute Gasteiger partial charge is 0.460 e. The molecular weight excluding hydrogens is 282 g/mol. The van der Waals surface area contributed by atoms with Gasteiger partial charge in [0.1, 0.15) is 11.6 Å². The van der Waals surface area contributed by atoms with Crippen molar-refractivity contribution in [1.82, 2.24) is 4.98 Å². The molecule has 1 aromatic carbocycles. The van der Waals surface area contributed by atoms with Gasteiger partial charge in [0, 0.05) is 17.4 Å². The molecule has 21 heavy (non-hydrogen) atoms. The zero-order valence-corrected chi connectivity index (χ0v) is 12.7. The zero-order valence-electron chi connectivity index (χ0n) is 11.9. The molecule has 1 unspecified atom stereocenters. The molecule has 2 aromatic rings. The van der Waals surface area contributed by atoms with Gasteiger partial charge in [0.05, 0.1) is 11.2 Å². The molecule has 0 amide bonds. The van der Waals surface area contributed by atoms with Gasteiger partial charge in [-0.25, -0.2) is 9.98 Å². The van der Waals surface area contributed by atoms with E-state index in [2.05, 4.69) is 40.5 Å². The third-order valence-electron chi connectivity index (χ3n) is 4.67. The van der Waals surface area contributed by atoms with Gasteiger partial charge in [-0.1, -0.05) is 18.2 Å². The molecule has 2 N–H and O–H groups in total. The molecule has 5 heteroatoms. The van der Waals surface area contributed by atoms with Gasteiger partial charge in [-0.3, -0.25) is 0 Å². The Kier molecular flexibility index (Phi) is 2.79. The Hall–Kier alpha value is -1.88. The fourth-order valence-corrected chi connectivity index (χ4v) is 4.06. The smallest absolute Gasteiger partial charge is 0.282 e. The Labute approximate surface area is 127 Å².